The summed E-state index contributed by atoms with van der Waals surface area (Å²) in [5.41, 5.74) is 1.78. The van der Waals surface area contributed by atoms with E-state index in [1.54, 1.807) is 0 Å². The fraction of sp³-hybridized carbons (Fsp3) is 0.579. The van der Waals surface area contributed by atoms with Crippen molar-refractivity contribution in [3.8, 4) is 0 Å². The van der Waals surface area contributed by atoms with E-state index < -0.39 is 0 Å². The second kappa shape index (κ2) is 6.55. The highest BCUT2D eigenvalue weighted by Crippen LogP contribution is 2.31. The first kappa shape index (κ1) is 15.6. The van der Waals surface area contributed by atoms with Crippen LogP contribution in [0.2, 0.25) is 0 Å². The molecule has 0 unspecified atom stereocenters. The number of likely N-dealkylation sites (tertiary alicyclic amines) is 2. The normalized spacial score (nSPS) is 25.0. The molecule has 0 spiro atoms. The number of rotatable bonds is 4. The maximum Gasteiger partial charge on any atom is 0.222 e. The van der Waals surface area contributed by atoms with Gasteiger partial charge in [-0.25, -0.2) is 4.98 Å². The van der Waals surface area contributed by atoms with E-state index in [0.717, 1.165) is 49.5 Å². The Balaban J connectivity index is 1.51. The molecule has 24 heavy (non-hydrogen) atoms. The summed E-state index contributed by atoms with van der Waals surface area (Å²) in [7, 11) is 0. The van der Waals surface area contributed by atoms with Crippen molar-refractivity contribution in [2.75, 3.05) is 13.1 Å². The number of oxazole rings is 1. The predicted molar refractivity (Wildman–Crippen MR) is 92.5 cm³/mol. The largest absolute Gasteiger partial charge is 0.439 e. The van der Waals surface area contributed by atoms with Gasteiger partial charge in [-0.3, -0.25) is 9.69 Å². The highest BCUT2D eigenvalue weighted by Gasteiger charge is 2.39. The number of carbonyl (C=O) groups excluding carboxylic acids is 1. The number of fused-ring (bicyclic) bond motifs is 1. The molecule has 5 heteroatoms. The molecule has 1 aromatic heterocycles. The summed E-state index contributed by atoms with van der Waals surface area (Å²) in [6.07, 6.45) is 5.21. The molecule has 0 aliphatic carbocycles. The molecule has 2 atom stereocenters. The van der Waals surface area contributed by atoms with Crippen LogP contribution in [-0.2, 0) is 11.3 Å². The van der Waals surface area contributed by atoms with Gasteiger partial charge in [0.2, 0.25) is 11.8 Å². The first-order valence-electron chi connectivity index (χ1n) is 9.14. The lowest BCUT2D eigenvalue weighted by atomic mass is 10.0. The van der Waals surface area contributed by atoms with Gasteiger partial charge in [0.05, 0.1) is 6.54 Å². The molecule has 0 N–H and O–H groups in total. The van der Waals surface area contributed by atoms with Crippen molar-refractivity contribution in [1.29, 1.82) is 0 Å². The monoisotopic (exact) mass is 327 g/mol. The van der Waals surface area contributed by atoms with Gasteiger partial charge in [0.25, 0.3) is 0 Å². The molecule has 2 aromatic rings. The number of hydrogen-bond acceptors (Lipinski definition) is 4. The van der Waals surface area contributed by atoms with E-state index in [1.165, 1.54) is 12.8 Å². The number of carbonyl (C=O) groups is 1. The Hall–Kier alpha value is -1.88. The molecule has 0 saturated carbocycles. The van der Waals surface area contributed by atoms with Crippen molar-refractivity contribution in [3.63, 3.8) is 0 Å². The van der Waals surface area contributed by atoms with Gasteiger partial charge in [-0.15, -0.1) is 0 Å². The molecule has 1 amide bonds. The van der Waals surface area contributed by atoms with Crippen LogP contribution in [0.5, 0.6) is 0 Å². The summed E-state index contributed by atoms with van der Waals surface area (Å²) >= 11 is 0. The van der Waals surface area contributed by atoms with E-state index in [1.807, 2.05) is 31.2 Å². The molecule has 0 radical (unpaired) electrons. The molecule has 4 rings (SSSR count). The molecule has 2 aliphatic rings. The van der Waals surface area contributed by atoms with Crippen molar-refractivity contribution in [1.82, 2.24) is 14.8 Å². The molecule has 2 saturated heterocycles. The molecule has 128 valence electrons. The average molecular weight is 327 g/mol. The minimum Gasteiger partial charge on any atom is -0.439 e. The molecule has 1 aromatic carbocycles. The van der Waals surface area contributed by atoms with Crippen molar-refractivity contribution >= 4 is 17.0 Å². The van der Waals surface area contributed by atoms with E-state index in [0.29, 0.717) is 24.4 Å². The second-order valence-corrected chi connectivity index (χ2v) is 6.91. The summed E-state index contributed by atoms with van der Waals surface area (Å²) in [4.78, 5) is 21.4. The zero-order chi connectivity index (χ0) is 16.5. The van der Waals surface area contributed by atoms with Gasteiger partial charge in [-0.2, -0.15) is 0 Å². The third kappa shape index (κ3) is 2.81. The van der Waals surface area contributed by atoms with Gasteiger partial charge in [0.15, 0.2) is 5.58 Å². The van der Waals surface area contributed by atoms with Crippen LogP contribution in [0.4, 0.5) is 0 Å². The van der Waals surface area contributed by atoms with Crippen molar-refractivity contribution in [3.05, 3.63) is 30.2 Å². The highest BCUT2D eigenvalue weighted by molar-refractivity contribution is 5.76. The summed E-state index contributed by atoms with van der Waals surface area (Å²) in [6.45, 7) is 4.69. The molecule has 3 heterocycles. The predicted octanol–water partition coefficient (Wildman–Crippen LogP) is 3.19. The fourth-order valence-corrected chi connectivity index (χ4v) is 4.35. The van der Waals surface area contributed by atoms with Gasteiger partial charge in [0, 0.05) is 25.0 Å². The number of nitrogens with zero attached hydrogens (tertiary/aromatic N) is 3. The third-order valence-electron chi connectivity index (χ3n) is 5.46. The van der Waals surface area contributed by atoms with Gasteiger partial charge >= 0.3 is 0 Å². The lowest BCUT2D eigenvalue weighted by Gasteiger charge is -2.34. The zero-order valence-corrected chi connectivity index (χ0v) is 14.3. The van der Waals surface area contributed by atoms with E-state index in [2.05, 4.69) is 14.8 Å². The minimum atomic E-state index is 0.297. The maximum atomic E-state index is 12.2. The number of benzene rings is 1. The third-order valence-corrected chi connectivity index (χ3v) is 5.46. The molecular formula is C19H25N3O2. The molecule has 0 bridgehead atoms. The van der Waals surface area contributed by atoms with Gasteiger partial charge in [-0.05, 0) is 44.4 Å². The second-order valence-electron chi connectivity index (χ2n) is 6.91. The Morgan fingerprint density at radius 1 is 1.21 bits per heavy atom. The Morgan fingerprint density at radius 2 is 2.00 bits per heavy atom. The average Bonchev–Trinajstić information content (AvgIpc) is 3.32. The Bertz CT molecular complexity index is 693. The molecule has 2 fully saturated rings. The van der Waals surface area contributed by atoms with E-state index in [9.17, 15) is 4.79 Å². The van der Waals surface area contributed by atoms with Gasteiger partial charge < -0.3 is 9.32 Å². The summed E-state index contributed by atoms with van der Waals surface area (Å²) in [5.74, 6) is 1.08. The highest BCUT2D eigenvalue weighted by atomic mass is 16.3. The Kier molecular flexibility index (Phi) is 4.27. The van der Waals surface area contributed by atoms with Crippen molar-refractivity contribution in [2.24, 2.45) is 0 Å². The van der Waals surface area contributed by atoms with Crippen LogP contribution in [0.25, 0.3) is 11.1 Å². The molecule has 5 nitrogen and oxygen atoms in total. The first-order valence-corrected chi connectivity index (χ1v) is 9.14. The van der Waals surface area contributed by atoms with Gasteiger partial charge in [0.1, 0.15) is 5.52 Å². The van der Waals surface area contributed by atoms with Crippen molar-refractivity contribution < 1.29 is 9.21 Å². The van der Waals surface area contributed by atoms with Crippen LogP contribution in [0.1, 0.15) is 44.9 Å². The SMILES string of the molecule is CCC(=O)N1CCC[C@H]1[C@H]1CCCN1Cc1nc2ccccc2o1. The van der Waals surface area contributed by atoms with E-state index >= 15 is 0 Å². The first-order chi connectivity index (χ1) is 11.8. The molecular weight excluding hydrogens is 302 g/mol. The zero-order valence-electron chi connectivity index (χ0n) is 14.3. The Labute approximate surface area is 142 Å². The van der Waals surface area contributed by atoms with Crippen LogP contribution in [0.3, 0.4) is 0 Å². The van der Waals surface area contributed by atoms with Crippen LogP contribution in [-0.4, -0.2) is 45.9 Å². The topological polar surface area (TPSA) is 49.6 Å². The fourth-order valence-electron chi connectivity index (χ4n) is 4.35. The molecule has 2 aliphatic heterocycles. The number of hydrogen-bond donors (Lipinski definition) is 0. The Morgan fingerprint density at radius 3 is 2.83 bits per heavy atom. The number of para-hydroxylation sites is 2. The van der Waals surface area contributed by atoms with Crippen LogP contribution < -0.4 is 0 Å². The van der Waals surface area contributed by atoms with E-state index in [-0.39, 0.29) is 0 Å². The smallest absolute Gasteiger partial charge is 0.222 e. The van der Waals surface area contributed by atoms with Crippen LogP contribution in [0.15, 0.2) is 28.7 Å². The van der Waals surface area contributed by atoms with Crippen molar-refractivity contribution in [2.45, 2.75) is 57.7 Å². The lowest BCUT2D eigenvalue weighted by Crippen LogP contribution is -2.47. The quantitative estimate of drug-likeness (QED) is 0.865. The number of amides is 1. The minimum absolute atomic E-state index is 0.297. The van der Waals surface area contributed by atoms with Crippen LogP contribution >= 0.6 is 0 Å². The summed E-state index contributed by atoms with van der Waals surface area (Å²) in [5, 5.41) is 0. The number of aromatic nitrogens is 1. The van der Waals surface area contributed by atoms with Crippen LogP contribution in [0, 0.1) is 0 Å². The maximum absolute atomic E-state index is 12.2. The van der Waals surface area contributed by atoms with E-state index in [4.69, 9.17) is 4.42 Å². The summed E-state index contributed by atoms with van der Waals surface area (Å²) in [6, 6.07) is 8.72. The standard InChI is InChI=1S/C19H25N3O2/c1-2-19(23)22-12-6-9-16(22)15-8-5-11-21(15)13-18-20-14-7-3-4-10-17(14)24-18/h3-4,7,10,15-16H,2,5-6,8-9,11-13H2,1H3/t15-,16+/m1/s1. The summed E-state index contributed by atoms with van der Waals surface area (Å²) < 4.78 is 5.90. The lowest BCUT2D eigenvalue weighted by molar-refractivity contribution is -0.132. The van der Waals surface area contributed by atoms with Gasteiger partial charge in [-0.1, -0.05) is 19.1 Å².